The number of amides is 1. The van der Waals surface area contributed by atoms with Gasteiger partial charge in [-0.3, -0.25) is 4.79 Å². The molecule has 0 aliphatic heterocycles. The molecule has 0 aromatic heterocycles. The average Bonchev–Trinajstić information content (AvgIpc) is 2.65. The van der Waals surface area contributed by atoms with Gasteiger partial charge in [-0.05, 0) is 49.6 Å². The van der Waals surface area contributed by atoms with Crippen LogP contribution in [0.4, 0.5) is 0 Å². The van der Waals surface area contributed by atoms with Crippen molar-refractivity contribution in [2.75, 3.05) is 13.1 Å². The normalized spacial score (nSPS) is 12.7. The molecule has 5 nitrogen and oxygen atoms in total. The standard InChI is InChI=1S/C20H25BrN2O3S/c1-3-23(27(25,26)19-13-11-18(21)12-14-19)15-20(24)22-16(2)9-10-17-7-5-4-6-8-17/h4-8,11-14,16H,3,9-10,15H2,1-2H3,(H,22,24)/t16-/m0/s1. The van der Waals surface area contributed by atoms with Gasteiger partial charge in [0.15, 0.2) is 0 Å². The predicted molar refractivity (Wildman–Crippen MR) is 111 cm³/mol. The Labute approximate surface area is 170 Å². The third kappa shape index (κ3) is 6.45. The van der Waals surface area contributed by atoms with Crippen molar-refractivity contribution in [1.82, 2.24) is 9.62 Å². The molecule has 0 fully saturated rings. The van der Waals surface area contributed by atoms with Crippen LogP contribution in [0.5, 0.6) is 0 Å². The lowest BCUT2D eigenvalue weighted by Crippen LogP contribution is -2.43. The molecular weight excluding hydrogens is 428 g/mol. The molecule has 0 radical (unpaired) electrons. The molecule has 0 aliphatic carbocycles. The Morgan fingerprint density at radius 3 is 2.33 bits per heavy atom. The van der Waals surface area contributed by atoms with Gasteiger partial charge in [-0.15, -0.1) is 0 Å². The van der Waals surface area contributed by atoms with E-state index in [1.54, 1.807) is 19.1 Å². The number of rotatable bonds is 9. The van der Waals surface area contributed by atoms with E-state index in [1.165, 1.54) is 22.0 Å². The zero-order chi connectivity index (χ0) is 19.9. The Balaban J connectivity index is 1.92. The number of halogens is 1. The van der Waals surface area contributed by atoms with E-state index in [-0.39, 0.29) is 29.9 Å². The maximum atomic E-state index is 12.7. The average molecular weight is 453 g/mol. The van der Waals surface area contributed by atoms with E-state index >= 15 is 0 Å². The van der Waals surface area contributed by atoms with Gasteiger partial charge in [0.2, 0.25) is 15.9 Å². The summed E-state index contributed by atoms with van der Waals surface area (Å²) in [6.45, 7) is 3.69. The topological polar surface area (TPSA) is 66.5 Å². The molecule has 1 N–H and O–H groups in total. The Morgan fingerprint density at radius 2 is 1.74 bits per heavy atom. The first-order valence-corrected chi connectivity index (χ1v) is 11.1. The van der Waals surface area contributed by atoms with Gasteiger partial charge in [0.05, 0.1) is 11.4 Å². The summed E-state index contributed by atoms with van der Waals surface area (Å²) < 4.78 is 27.5. The van der Waals surface area contributed by atoms with Crippen LogP contribution in [0.15, 0.2) is 64.0 Å². The molecule has 0 spiro atoms. The van der Waals surface area contributed by atoms with Crippen LogP contribution in [0.25, 0.3) is 0 Å². The van der Waals surface area contributed by atoms with E-state index in [4.69, 9.17) is 0 Å². The monoisotopic (exact) mass is 452 g/mol. The molecule has 7 heteroatoms. The number of likely N-dealkylation sites (N-methyl/N-ethyl adjacent to an activating group) is 1. The number of carbonyl (C=O) groups excluding carboxylic acids is 1. The Morgan fingerprint density at radius 1 is 1.11 bits per heavy atom. The minimum Gasteiger partial charge on any atom is -0.352 e. The van der Waals surface area contributed by atoms with Crippen molar-refractivity contribution in [2.24, 2.45) is 0 Å². The molecule has 2 rings (SSSR count). The van der Waals surface area contributed by atoms with Crippen LogP contribution in [-0.2, 0) is 21.2 Å². The van der Waals surface area contributed by atoms with Crippen LogP contribution in [0.1, 0.15) is 25.8 Å². The molecule has 0 saturated carbocycles. The van der Waals surface area contributed by atoms with Crippen molar-refractivity contribution in [3.05, 3.63) is 64.6 Å². The molecule has 2 aromatic rings. The van der Waals surface area contributed by atoms with Crippen molar-refractivity contribution in [1.29, 1.82) is 0 Å². The minimum absolute atomic E-state index is 0.0354. The zero-order valence-corrected chi connectivity index (χ0v) is 18.0. The van der Waals surface area contributed by atoms with Gasteiger partial charge in [-0.1, -0.05) is 53.2 Å². The van der Waals surface area contributed by atoms with Gasteiger partial charge >= 0.3 is 0 Å². The second kappa shape index (κ2) is 10.0. The quantitative estimate of drug-likeness (QED) is 0.631. The van der Waals surface area contributed by atoms with Crippen molar-refractivity contribution in [3.8, 4) is 0 Å². The van der Waals surface area contributed by atoms with E-state index in [0.29, 0.717) is 0 Å². The summed E-state index contributed by atoms with van der Waals surface area (Å²) in [6.07, 6.45) is 1.65. The summed E-state index contributed by atoms with van der Waals surface area (Å²) in [5.41, 5.74) is 1.21. The number of hydrogen-bond acceptors (Lipinski definition) is 3. The van der Waals surface area contributed by atoms with E-state index in [1.807, 2.05) is 25.1 Å². The van der Waals surface area contributed by atoms with E-state index in [0.717, 1.165) is 17.3 Å². The number of aryl methyl sites for hydroxylation is 1. The molecular formula is C20H25BrN2O3S. The first-order valence-electron chi connectivity index (χ1n) is 8.92. The van der Waals surface area contributed by atoms with Crippen LogP contribution in [0, 0.1) is 0 Å². The van der Waals surface area contributed by atoms with Gasteiger partial charge in [0.25, 0.3) is 0 Å². The molecule has 1 amide bonds. The predicted octanol–water partition coefficient (Wildman–Crippen LogP) is 3.60. The van der Waals surface area contributed by atoms with Crippen molar-refractivity contribution >= 4 is 31.9 Å². The largest absolute Gasteiger partial charge is 0.352 e. The summed E-state index contributed by atoms with van der Waals surface area (Å²) in [5, 5.41) is 2.90. The number of carbonyl (C=O) groups is 1. The molecule has 0 bridgehead atoms. The van der Waals surface area contributed by atoms with Crippen LogP contribution < -0.4 is 5.32 Å². The van der Waals surface area contributed by atoms with Gasteiger partial charge in [0.1, 0.15) is 0 Å². The second-order valence-corrected chi connectivity index (χ2v) is 9.23. The molecule has 1 atom stereocenters. The first kappa shape index (κ1) is 21.6. The summed E-state index contributed by atoms with van der Waals surface area (Å²) in [7, 11) is -3.70. The fourth-order valence-electron chi connectivity index (χ4n) is 2.70. The number of nitrogens with zero attached hydrogens (tertiary/aromatic N) is 1. The highest BCUT2D eigenvalue weighted by Gasteiger charge is 2.25. The molecule has 0 heterocycles. The maximum absolute atomic E-state index is 12.7. The lowest BCUT2D eigenvalue weighted by Gasteiger charge is -2.21. The summed E-state index contributed by atoms with van der Waals surface area (Å²) >= 11 is 3.29. The highest BCUT2D eigenvalue weighted by molar-refractivity contribution is 9.10. The van der Waals surface area contributed by atoms with E-state index in [2.05, 4.69) is 33.4 Å². The van der Waals surface area contributed by atoms with E-state index < -0.39 is 10.0 Å². The van der Waals surface area contributed by atoms with Gasteiger partial charge < -0.3 is 5.32 Å². The highest BCUT2D eigenvalue weighted by atomic mass is 79.9. The van der Waals surface area contributed by atoms with Crippen LogP contribution in [0.2, 0.25) is 0 Å². The van der Waals surface area contributed by atoms with Crippen molar-refractivity contribution in [2.45, 2.75) is 37.6 Å². The summed E-state index contributed by atoms with van der Waals surface area (Å²) in [6, 6.07) is 16.4. The van der Waals surface area contributed by atoms with Gasteiger partial charge in [-0.25, -0.2) is 8.42 Å². The number of nitrogens with one attached hydrogen (secondary N) is 1. The SMILES string of the molecule is CCN(CC(=O)N[C@@H](C)CCc1ccccc1)S(=O)(=O)c1ccc(Br)cc1. The van der Waals surface area contributed by atoms with Crippen LogP contribution >= 0.6 is 15.9 Å². The van der Waals surface area contributed by atoms with Gasteiger partial charge in [-0.2, -0.15) is 4.31 Å². The van der Waals surface area contributed by atoms with Gasteiger partial charge in [0, 0.05) is 17.1 Å². The van der Waals surface area contributed by atoms with E-state index in [9.17, 15) is 13.2 Å². The van der Waals surface area contributed by atoms with Crippen molar-refractivity contribution in [3.63, 3.8) is 0 Å². The molecule has 27 heavy (non-hydrogen) atoms. The summed E-state index contributed by atoms with van der Waals surface area (Å²) in [5.74, 6) is -0.293. The maximum Gasteiger partial charge on any atom is 0.243 e. The minimum atomic E-state index is -3.70. The third-order valence-corrected chi connectivity index (χ3v) is 6.70. The smallest absolute Gasteiger partial charge is 0.243 e. The molecule has 2 aromatic carbocycles. The van der Waals surface area contributed by atoms with Crippen LogP contribution in [0.3, 0.4) is 0 Å². The molecule has 0 aliphatic rings. The third-order valence-electron chi connectivity index (χ3n) is 4.24. The Bertz CT molecular complexity index is 839. The number of hydrogen-bond donors (Lipinski definition) is 1. The molecule has 0 unspecified atom stereocenters. The lowest BCUT2D eigenvalue weighted by molar-refractivity contribution is -0.121. The fraction of sp³-hybridized carbons (Fsp3) is 0.350. The highest BCUT2D eigenvalue weighted by Crippen LogP contribution is 2.18. The van der Waals surface area contributed by atoms with Crippen molar-refractivity contribution < 1.29 is 13.2 Å². The first-order chi connectivity index (χ1) is 12.8. The summed E-state index contributed by atoms with van der Waals surface area (Å²) in [4.78, 5) is 12.5. The number of sulfonamides is 1. The molecule has 0 saturated heterocycles. The zero-order valence-electron chi connectivity index (χ0n) is 15.6. The second-order valence-electron chi connectivity index (χ2n) is 6.38. The Kier molecular flexibility index (Phi) is 8.01. The van der Waals surface area contributed by atoms with Crippen LogP contribution in [-0.4, -0.2) is 37.8 Å². The lowest BCUT2D eigenvalue weighted by atomic mass is 10.1. The Hall–Kier alpha value is -1.70. The number of benzene rings is 2. The molecule has 146 valence electrons. The fourth-order valence-corrected chi connectivity index (χ4v) is 4.37.